The molecule has 5 heteroatoms. The Hall–Kier alpha value is -0.650. The first-order valence-electron chi connectivity index (χ1n) is 4.45. The lowest BCUT2D eigenvalue weighted by molar-refractivity contribution is -0.176. The second kappa shape index (κ2) is 4.04. The number of carbonyl (C=O) groups is 1. The van der Waals surface area contributed by atoms with Crippen LogP contribution in [0.5, 0.6) is 0 Å². The van der Waals surface area contributed by atoms with Crippen molar-refractivity contribution >= 4 is 5.97 Å². The maximum atomic E-state index is 11.4. The topological polar surface area (TPSA) is 56.8 Å². The molecule has 1 N–H and O–H groups in total. The first kappa shape index (κ1) is 8.93. The van der Waals surface area contributed by atoms with Gasteiger partial charge in [-0.05, 0) is 0 Å². The van der Waals surface area contributed by atoms with Gasteiger partial charge in [-0.2, -0.15) is 0 Å². The van der Waals surface area contributed by atoms with Crippen LogP contribution in [0.15, 0.2) is 0 Å². The van der Waals surface area contributed by atoms with Gasteiger partial charge in [0.05, 0.1) is 26.4 Å². The van der Waals surface area contributed by atoms with Crippen molar-refractivity contribution in [1.29, 1.82) is 0 Å². The average molecular weight is 187 g/mol. The number of nitrogens with one attached hydrogen (secondary N) is 1. The molecule has 2 saturated heterocycles. The molecule has 2 aliphatic rings. The summed E-state index contributed by atoms with van der Waals surface area (Å²) >= 11 is 0. The molecule has 1 atom stereocenters. The van der Waals surface area contributed by atoms with Gasteiger partial charge in [-0.3, -0.25) is 4.79 Å². The molecule has 2 heterocycles. The van der Waals surface area contributed by atoms with Crippen LogP contribution in [-0.4, -0.2) is 51.1 Å². The predicted octanol–water partition coefficient (Wildman–Crippen LogP) is -1.08. The van der Waals surface area contributed by atoms with Crippen LogP contribution in [0.25, 0.3) is 0 Å². The summed E-state index contributed by atoms with van der Waals surface area (Å²) in [6.07, 6.45) is -0.0452. The van der Waals surface area contributed by atoms with Gasteiger partial charge < -0.3 is 19.5 Å². The van der Waals surface area contributed by atoms with Crippen LogP contribution in [-0.2, 0) is 19.0 Å². The van der Waals surface area contributed by atoms with Gasteiger partial charge in [-0.25, -0.2) is 0 Å². The van der Waals surface area contributed by atoms with E-state index < -0.39 is 0 Å². The highest BCUT2D eigenvalue weighted by atomic mass is 16.6. The van der Waals surface area contributed by atoms with E-state index in [-0.39, 0.29) is 18.1 Å². The molecule has 2 aliphatic heterocycles. The highest BCUT2D eigenvalue weighted by molar-refractivity contribution is 5.76. The molecular formula is C8H13NO4. The first-order chi connectivity index (χ1) is 6.36. The van der Waals surface area contributed by atoms with Crippen LogP contribution in [0.1, 0.15) is 0 Å². The van der Waals surface area contributed by atoms with Gasteiger partial charge in [0, 0.05) is 6.54 Å². The van der Waals surface area contributed by atoms with E-state index in [1.54, 1.807) is 0 Å². The van der Waals surface area contributed by atoms with Crippen LogP contribution in [0.2, 0.25) is 0 Å². The number of ether oxygens (including phenoxy) is 3. The number of esters is 1. The van der Waals surface area contributed by atoms with Crippen molar-refractivity contribution in [2.45, 2.75) is 12.1 Å². The van der Waals surface area contributed by atoms with Crippen LogP contribution in [0, 0.1) is 0 Å². The van der Waals surface area contributed by atoms with Gasteiger partial charge in [-0.1, -0.05) is 0 Å². The minimum Gasteiger partial charge on any atom is -0.456 e. The molecule has 13 heavy (non-hydrogen) atoms. The van der Waals surface area contributed by atoms with Crippen molar-refractivity contribution in [2.24, 2.45) is 0 Å². The lowest BCUT2D eigenvalue weighted by atomic mass is 10.2. The highest BCUT2D eigenvalue weighted by Crippen LogP contribution is 2.07. The van der Waals surface area contributed by atoms with Crippen LogP contribution in [0.3, 0.4) is 0 Å². The van der Waals surface area contributed by atoms with Gasteiger partial charge in [0.15, 0.2) is 0 Å². The van der Waals surface area contributed by atoms with E-state index in [1.165, 1.54) is 0 Å². The number of rotatable bonds is 2. The first-order valence-corrected chi connectivity index (χ1v) is 4.45. The van der Waals surface area contributed by atoms with E-state index in [4.69, 9.17) is 14.2 Å². The molecule has 0 aromatic heterocycles. The maximum absolute atomic E-state index is 11.4. The van der Waals surface area contributed by atoms with Gasteiger partial charge in [-0.15, -0.1) is 0 Å². The Morgan fingerprint density at radius 1 is 1.31 bits per heavy atom. The minimum absolute atomic E-state index is 0.0452. The summed E-state index contributed by atoms with van der Waals surface area (Å²) < 4.78 is 15.2. The van der Waals surface area contributed by atoms with Crippen LogP contribution < -0.4 is 5.32 Å². The quantitative estimate of drug-likeness (QED) is 0.557. The number of hydrogen-bond donors (Lipinski definition) is 1. The molecule has 74 valence electrons. The third kappa shape index (κ3) is 2.18. The van der Waals surface area contributed by atoms with Gasteiger partial charge in [0.1, 0.15) is 12.1 Å². The van der Waals surface area contributed by atoms with Crippen molar-refractivity contribution in [2.75, 3.05) is 33.0 Å². The number of morpholine rings is 1. The van der Waals surface area contributed by atoms with Gasteiger partial charge >= 0.3 is 5.97 Å². The fourth-order valence-corrected chi connectivity index (χ4v) is 1.25. The summed E-state index contributed by atoms with van der Waals surface area (Å²) in [7, 11) is 0. The van der Waals surface area contributed by atoms with Gasteiger partial charge in [0.25, 0.3) is 0 Å². The Bertz CT molecular complexity index is 187. The third-order valence-corrected chi connectivity index (χ3v) is 2.10. The molecule has 2 fully saturated rings. The zero-order chi connectivity index (χ0) is 9.10. The summed E-state index contributed by atoms with van der Waals surface area (Å²) in [4.78, 5) is 11.4. The zero-order valence-electron chi connectivity index (χ0n) is 7.32. The third-order valence-electron chi connectivity index (χ3n) is 2.10. The Kier molecular flexibility index (Phi) is 2.77. The molecule has 0 aromatic carbocycles. The normalized spacial score (nSPS) is 29.4. The van der Waals surface area contributed by atoms with Crippen LogP contribution in [0.4, 0.5) is 0 Å². The molecule has 0 aliphatic carbocycles. The zero-order valence-corrected chi connectivity index (χ0v) is 7.32. The van der Waals surface area contributed by atoms with E-state index >= 15 is 0 Å². The monoisotopic (exact) mass is 187 g/mol. The summed E-state index contributed by atoms with van der Waals surface area (Å²) in [5, 5.41) is 3.03. The largest absolute Gasteiger partial charge is 0.456 e. The SMILES string of the molecule is O=C(OC1COC1)C1COCCN1. The minimum atomic E-state index is -0.297. The Morgan fingerprint density at radius 3 is 2.69 bits per heavy atom. The molecular weight excluding hydrogens is 174 g/mol. The number of carbonyl (C=O) groups excluding carboxylic acids is 1. The molecule has 0 amide bonds. The molecule has 0 aromatic rings. The number of hydrogen-bond acceptors (Lipinski definition) is 5. The lowest BCUT2D eigenvalue weighted by Gasteiger charge is -2.29. The smallest absolute Gasteiger partial charge is 0.325 e. The molecule has 0 radical (unpaired) electrons. The summed E-state index contributed by atoms with van der Waals surface area (Å²) in [6, 6.07) is -0.297. The fourth-order valence-electron chi connectivity index (χ4n) is 1.25. The van der Waals surface area contributed by atoms with Crippen LogP contribution >= 0.6 is 0 Å². The predicted molar refractivity (Wildman–Crippen MR) is 43.3 cm³/mol. The summed E-state index contributed by atoms with van der Waals surface area (Å²) in [6.45, 7) is 2.84. The van der Waals surface area contributed by atoms with E-state index in [1.807, 2.05) is 0 Å². The van der Waals surface area contributed by atoms with Crippen molar-refractivity contribution in [3.8, 4) is 0 Å². The second-order valence-corrected chi connectivity index (χ2v) is 3.18. The van der Waals surface area contributed by atoms with Crippen molar-refractivity contribution in [3.05, 3.63) is 0 Å². The fraction of sp³-hybridized carbons (Fsp3) is 0.875. The average Bonchev–Trinajstić information content (AvgIpc) is 2.12. The molecule has 0 spiro atoms. The van der Waals surface area contributed by atoms with Crippen molar-refractivity contribution in [3.63, 3.8) is 0 Å². The van der Waals surface area contributed by atoms with Crippen molar-refractivity contribution < 1.29 is 19.0 Å². The standard InChI is InChI=1S/C8H13NO4/c10-8(13-6-3-12-4-6)7-5-11-2-1-9-7/h6-7,9H,1-5H2. The highest BCUT2D eigenvalue weighted by Gasteiger charge is 2.28. The maximum Gasteiger partial charge on any atom is 0.325 e. The van der Waals surface area contributed by atoms with E-state index in [0.29, 0.717) is 33.0 Å². The Balaban J connectivity index is 1.74. The molecule has 0 saturated carbocycles. The Labute approximate surface area is 76.3 Å². The Morgan fingerprint density at radius 2 is 2.15 bits per heavy atom. The molecule has 2 rings (SSSR count). The lowest BCUT2D eigenvalue weighted by Crippen LogP contribution is -2.50. The van der Waals surface area contributed by atoms with Crippen molar-refractivity contribution in [1.82, 2.24) is 5.32 Å². The van der Waals surface area contributed by atoms with E-state index in [2.05, 4.69) is 5.32 Å². The molecule has 5 nitrogen and oxygen atoms in total. The molecule has 1 unspecified atom stereocenters. The van der Waals surface area contributed by atoms with E-state index in [9.17, 15) is 4.79 Å². The van der Waals surface area contributed by atoms with E-state index in [0.717, 1.165) is 0 Å². The molecule has 0 bridgehead atoms. The second-order valence-electron chi connectivity index (χ2n) is 3.18. The van der Waals surface area contributed by atoms with Gasteiger partial charge in [0.2, 0.25) is 0 Å². The summed E-state index contributed by atoms with van der Waals surface area (Å²) in [5.41, 5.74) is 0. The summed E-state index contributed by atoms with van der Waals surface area (Å²) in [5.74, 6) is -0.229.